The first kappa shape index (κ1) is 16.1. The number of halogens is 1. The van der Waals surface area contributed by atoms with Gasteiger partial charge < -0.3 is 5.32 Å². The highest BCUT2D eigenvalue weighted by atomic mass is 35.5. The summed E-state index contributed by atoms with van der Waals surface area (Å²) in [6.45, 7) is 3.82. The number of benzene rings is 1. The molecular weight excluding hydrogens is 330 g/mol. The number of hydrogen-bond donors (Lipinski definition) is 1. The van der Waals surface area contributed by atoms with E-state index in [1.54, 1.807) is 22.9 Å². The number of carbonyl (C=O) groups excluding carboxylic acids is 1. The summed E-state index contributed by atoms with van der Waals surface area (Å²) >= 11 is 6.25. The molecule has 9 heteroatoms. The molecule has 1 unspecified atom stereocenters. The lowest BCUT2D eigenvalue weighted by Crippen LogP contribution is -2.27. The van der Waals surface area contributed by atoms with Crippen LogP contribution in [0.1, 0.15) is 34.6 Å². The van der Waals surface area contributed by atoms with E-state index in [1.807, 2.05) is 27.1 Å². The van der Waals surface area contributed by atoms with Gasteiger partial charge in [-0.15, -0.1) is 5.10 Å². The number of nitrogens with one attached hydrogen (secondary N) is 1. The van der Waals surface area contributed by atoms with Crippen molar-refractivity contribution in [3.05, 3.63) is 52.6 Å². The number of aryl methyl sites for hydroxylation is 2. The molecule has 0 radical (unpaired) electrons. The Labute approximate surface area is 143 Å². The zero-order valence-corrected chi connectivity index (χ0v) is 14.2. The molecule has 8 nitrogen and oxygen atoms in total. The molecular formula is C15H16ClN7O. The van der Waals surface area contributed by atoms with Gasteiger partial charge in [0.2, 0.25) is 0 Å². The smallest absolute Gasteiger partial charge is 0.253 e. The SMILES string of the molecule is Cc1nn(C)cc1C(C)NC(=O)c1ccc(-n2cnnn2)cc1Cl. The number of tetrazole rings is 1. The minimum atomic E-state index is -0.251. The number of aromatic nitrogens is 6. The Morgan fingerprint density at radius 3 is 2.75 bits per heavy atom. The van der Waals surface area contributed by atoms with Gasteiger partial charge in [0.05, 0.1) is 28.0 Å². The lowest BCUT2D eigenvalue weighted by atomic mass is 10.1. The Morgan fingerprint density at radius 2 is 2.17 bits per heavy atom. The summed E-state index contributed by atoms with van der Waals surface area (Å²) in [5.74, 6) is -0.251. The van der Waals surface area contributed by atoms with Gasteiger partial charge in [0.1, 0.15) is 6.33 Å². The third-order valence-electron chi connectivity index (χ3n) is 3.68. The van der Waals surface area contributed by atoms with Crippen LogP contribution < -0.4 is 5.32 Å². The van der Waals surface area contributed by atoms with Crippen molar-refractivity contribution in [1.82, 2.24) is 35.3 Å². The van der Waals surface area contributed by atoms with Crippen molar-refractivity contribution in [3.8, 4) is 5.69 Å². The van der Waals surface area contributed by atoms with Crippen molar-refractivity contribution >= 4 is 17.5 Å². The molecule has 24 heavy (non-hydrogen) atoms. The fraction of sp³-hybridized carbons (Fsp3) is 0.267. The number of rotatable bonds is 4. The molecule has 124 valence electrons. The van der Waals surface area contributed by atoms with Gasteiger partial charge in [-0.05, 0) is 42.5 Å². The van der Waals surface area contributed by atoms with Gasteiger partial charge in [-0.25, -0.2) is 4.68 Å². The maximum Gasteiger partial charge on any atom is 0.253 e. The standard InChI is InChI=1S/C15H16ClN7O/c1-9(13-7-22(3)19-10(13)2)18-15(24)12-5-4-11(6-14(12)16)23-8-17-20-21-23/h4-9H,1-3H3,(H,18,24). The summed E-state index contributed by atoms with van der Waals surface area (Å²) < 4.78 is 3.19. The number of carbonyl (C=O) groups is 1. The first-order valence-electron chi connectivity index (χ1n) is 7.29. The van der Waals surface area contributed by atoms with Crippen molar-refractivity contribution in [2.45, 2.75) is 19.9 Å². The number of amides is 1. The molecule has 3 aromatic rings. The fourth-order valence-electron chi connectivity index (χ4n) is 2.51. The summed E-state index contributed by atoms with van der Waals surface area (Å²) in [5.41, 5.74) is 2.91. The second-order valence-electron chi connectivity index (χ2n) is 5.46. The van der Waals surface area contributed by atoms with E-state index in [4.69, 9.17) is 11.6 Å². The van der Waals surface area contributed by atoms with E-state index in [0.29, 0.717) is 16.3 Å². The molecule has 0 spiro atoms. The summed E-state index contributed by atoms with van der Waals surface area (Å²) in [6, 6.07) is 4.85. The van der Waals surface area contributed by atoms with Crippen molar-refractivity contribution in [3.63, 3.8) is 0 Å². The van der Waals surface area contributed by atoms with Crippen LogP contribution in [0.25, 0.3) is 5.69 Å². The first-order chi connectivity index (χ1) is 11.5. The largest absolute Gasteiger partial charge is 0.345 e. The van der Waals surface area contributed by atoms with E-state index in [1.165, 1.54) is 11.0 Å². The summed E-state index contributed by atoms with van der Waals surface area (Å²) in [6.07, 6.45) is 3.35. The van der Waals surface area contributed by atoms with Crippen LogP contribution >= 0.6 is 11.6 Å². The minimum Gasteiger partial charge on any atom is -0.345 e. The van der Waals surface area contributed by atoms with E-state index in [2.05, 4.69) is 25.9 Å². The molecule has 0 saturated heterocycles. The zero-order valence-electron chi connectivity index (χ0n) is 13.4. The maximum absolute atomic E-state index is 12.5. The average molecular weight is 346 g/mol. The normalized spacial score (nSPS) is 12.2. The Balaban J connectivity index is 1.79. The van der Waals surface area contributed by atoms with E-state index in [0.717, 1.165) is 11.3 Å². The van der Waals surface area contributed by atoms with Gasteiger partial charge >= 0.3 is 0 Å². The molecule has 1 atom stereocenters. The van der Waals surface area contributed by atoms with Crippen LogP contribution in [0, 0.1) is 6.92 Å². The summed E-state index contributed by atoms with van der Waals surface area (Å²) in [7, 11) is 1.85. The molecule has 0 bridgehead atoms. The van der Waals surface area contributed by atoms with Crippen molar-refractivity contribution < 1.29 is 4.79 Å². The molecule has 0 aliphatic carbocycles. The quantitative estimate of drug-likeness (QED) is 0.779. The molecule has 1 N–H and O–H groups in total. The highest BCUT2D eigenvalue weighted by Gasteiger charge is 2.17. The highest BCUT2D eigenvalue weighted by Crippen LogP contribution is 2.22. The van der Waals surface area contributed by atoms with Gasteiger partial charge in [0, 0.05) is 18.8 Å². The summed E-state index contributed by atoms with van der Waals surface area (Å²) in [4.78, 5) is 12.5. The van der Waals surface area contributed by atoms with Gasteiger partial charge in [-0.2, -0.15) is 5.10 Å². The Morgan fingerprint density at radius 1 is 1.38 bits per heavy atom. The van der Waals surface area contributed by atoms with E-state index in [-0.39, 0.29) is 11.9 Å². The van der Waals surface area contributed by atoms with Crippen molar-refractivity contribution in [2.24, 2.45) is 7.05 Å². The number of nitrogens with zero attached hydrogens (tertiary/aromatic N) is 6. The molecule has 0 saturated carbocycles. The van der Waals surface area contributed by atoms with Gasteiger partial charge in [0.15, 0.2) is 0 Å². The fourth-order valence-corrected chi connectivity index (χ4v) is 2.77. The Bertz CT molecular complexity index is 872. The van der Waals surface area contributed by atoms with Gasteiger partial charge in [0.25, 0.3) is 5.91 Å². The second kappa shape index (κ2) is 6.40. The molecule has 0 aliphatic heterocycles. The average Bonchev–Trinajstić information content (AvgIpc) is 3.16. The predicted molar refractivity (Wildman–Crippen MR) is 88.0 cm³/mol. The lowest BCUT2D eigenvalue weighted by molar-refractivity contribution is 0.0940. The van der Waals surface area contributed by atoms with Crippen LogP contribution in [-0.4, -0.2) is 35.9 Å². The van der Waals surface area contributed by atoms with E-state index in [9.17, 15) is 4.79 Å². The maximum atomic E-state index is 12.5. The minimum absolute atomic E-state index is 0.179. The van der Waals surface area contributed by atoms with Crippen LogP contribution in [0.2, 0.25) is 5.02 Å². The molecule has 0 aliphatic rings. The highest BCUT2D eigenvalue weighted by molar-refractivity contribution is 6.34. The van der Waals surface area contributed by atoms with Crippen LogP contribution in [0.4, 0.5) is 0 Å². The Kier molecular flexibility index (Phi) is 4.30. The third-order valence-corrected chi connectivity index (χ3v) is 3.99. The van der Waals surface area contributed by atoms with Crippen LogP contribution in [0.3, 0.4) is 0 Å². The van der Waals surface area contributed by atoms with Gasteiger partial charge in [-0.1, -0.05) is 11.6 Å². The number of hydrogen-bond acceptors (Lipinski definition) is 5. The molecule has 0 fully saturated rings. The second-order valence-corrected chi connectivity index (χ2v) is 5.86. The molecule has 2 heterocycles. The molecule has 1 amide bonds. The van der Waals surface area contributed by atoms with Crippen LogP contribution in [0.15, 0.2) is 30.7 Å². The van der Waals surface area contributed by atoms with E-state index < -0.39 is 0 Å². The predicted octanol–water partition coefficient (Wildman–Crippen LogP) is 1.85. The third kappa shape index (κ3) is 3.13. The molecule has 1 aromatic carbocycles. The van der Waals surface area contributed by atoms with E-state index >= 15 is 0 Å². The molecule has 2 aromatic heterocycles. The first-order valence-corrected chi connectivity index (χ1v) is 7.67. The topological polar surface area (TPSA) is 90.5 Å². The summed E-state index contributed by atoms with van der Waals surface area (Å²) in [5, 5.41) is 18.5. The molecule has 3 rings (SSSR count). The lowest BCUT2D eigenvalue weighted by Gasteiger charge is -2.14. The Hall–Kier alpha value is -2.74. The van der Waals surface area contributed by atoms with Gasteiger partial charge in [-0.3, -0.25) is 9.48 Å². The van der Waals surface area contributed by atoms with Crippen molar-refractivity contribution in [2.75, 3.05) is 0 Å². The van der Waals surface area contributed by atoms with Crippen LogP contribution in [-0.2, 0) is 7.05 Å². The van der Waals surface area contributed by atoms with Crippen LogP contribution in [0.5, 0.6) is 0 Å². The monoisotopic (exact) mass is 345 g/mol. The zero-order chi connectivity index (χ0) is 17.3. The van der Waals surface area contributed by atoms with Crippen molar-refractivity contribution in [1.29, 1.82) is 0 Å².